The fourth-order valence-corrected chi connectivity index (χ4v) is 3.16. The lowest BCUT2D eigenvalue weighted by Crippen LogP contribution is -2.43. The Hall–Kier alpha value is -1.25. The van der Waals surface area contributed by atoms with Crippen LogP contribution in [0.2, 0.25) is 6.32 Å². The van der Waals surface area contributed by atoms with E-state index in [0.29, 0.717) is 19.3 Å². The van der Waals surface area contributed by atoms with Crippen LogP contribution in [0.4, 0.5) is 0 Å². The van der Waals surface area contributed by atoms with Crippen LogP contribution in [-0.4, -0.2) is 70.9 Å². The molecule has 3 unspecified atom stereocenters. The zero-order valence-corrected chi connectivity index (χ0v) is 12.4. The van der Waals surface area contributed by atoms with Crippen LogP contribution in [0.15, 0.2) is 12.4 Å². The molecule has 0 aromatic carbocycles. The van der Waals surface area contributed by atoms with Gasteiger partial charge in [0.1, 0.15) is 6.17 Å². The van der Waals surface area contributed by atoms with Crippen molar-refractivity contribution in [2.75, 3.05) is 26.7 Å². The van der Waals surface area contributed by atoms with Gasteiger partial charge in [0.2, 0.25) is 0 Å². The van der Waals surface area contributed by atoms with Crippen molar-refractivity contribution in [2.45, 2.75) is 25.3 Å². The molecule has 2 rings (SSSR count). The lowest BCUT2D eigenvalue weighted by atomic mass is 9.80. The second kappa shape index (κ2) is 7.15. The van der Waals surface area contributed by atoms with E-state index in [1.165, 1.54) is 0 Å². The first-order chi connectivity index (χ1) is 9.97. The smallest absolute Gasteiger partial charge is 0.451 e. The molecule has 0 aliphatic carbocycles. The number of carboxylic acids is 1. The fraction of sp³-hybridized carbons (Fsp3) is 0.769. The average Bonchev–Trinajstić information content (AvgIpc) is 2.97. The molecular weight excluding hydrogens is 273 g/mol. The van der Waals surface area contributed by atoms with Crippen LogP contribution in [-0.2, 0) is 4.79 Å². The van der Waals surface area contributed by atoms with Gasteiger partial charge in [0.05, 0.1) is 5.92 Å². The van der Waals surface area contributed by atoms with Crippen molar-refractivity contribution in [1.82, 2.24) is 15.1 Å². The molecule has 2 aliphatic rings. The molecule has 1 saturated heterocycles. The standard InChI is InChI=1S/C13H24BN3O4/c1-16-6-5-15-12(16)9-17-7-10(3-2-4-14(20)21)11(8-17)13(18)19/h5-6,10-12,15,20-21H,2-4,7-9H2,1H3,(H,18,19). The molecule has 21 heavy (non-hydrogen) atoms. The normalized spacial score (nSPS) is 28.9. The summed E-state index contributed by atoms with van der Waals surface area (Å²) in [4.78, 5) is 15.6. The minimum atomic E-state index is -1.30. The molecule has 3 atom stereocenters. The molecule has 0 aromatic rings. The monoisotopic (exact) mass is 297 g/mol. The molecule has 1 fully saturated rings. The van der Waals surface area contributed by atoms with E-state index >= 15 is 0 Å². The zero-order valence-electron chi connectivity index (χ0n) is 12.4. The maximum absolute atomic E-state index is 11.4. The van der Waals surface area contributed by atoms with Crippen molar-refractivity contribution in [1.29, 1.82) is 0 Å². The van der Waals surface area contributed by atoms with Crippen molar-refractivity contribution in [3.05, 3.63) is 12.4 Å². The molecule has 0 radical (unpaired) electrons. The molecule has 2 aliphatic heterocycles. The molecule has 4 N–H and O–H groups in total. The molecular formula is C13H24BN3O4. The van der Waals surface area contributed by atoms with E-state index < -0.39 is 13.1 Å². The summed E-state index contributed by atoms with van der Waals surface area (Å²) in [5, 5.41) is 30.4. The third-order valence-electron chi connectivity index (χ3n) is 4.39. The summed E-state index contributed by atoms with van der Waals surface area (Å²) in [6.45, 7) is 2.10. The van der Waals surface area contributed by atoms with Gasteiger partial charge >= 0.3 is 13.1 Å². The van der Waals surface area contributed by atoms with Crippen molar-refractivity contribution in [2.24, 2.45) is 11.8 Å². The van der Waals surface area contributed by atoms with Gasteiger partial charge in [0.15, 0.2) is 0 Å². The maximum atomic E-state index is 11.4. The van der Waals surface area contributed by atoms with Crippen LogP contribution >= 0.6 is 0 Å². The minimum Gasteiger partial charge on any atom is -0.481 e. The number of hydrogen-bond donors (Lipinski definition) is 4. The number of likely N-dealkylation sites (N-methyl/N-ethyl adjacent to an activating group) is 1. The molecule has 2 heterocycles. The molecule has 7 nitrogen and oxygen atoms in total. The van der Waals surface area contributed by atoms with Crippen molar-refractivity contribution >= 4 is 13.1 Å². The predicted molar refractivity (Wildman–Crippen MR) is 79.1 cm³/mol. The second-order valence-corrected chi connectivity index (χ2v) is 6.00. The molecule has 0 spiro atoms. The summed E-state index contributed by atoms with van der Waals surface area (Å²) in [6.07, 6.45) is 5.72. The van der Waals surface area contributed by atoms with Crippen molar-refractivity contribution in [3.63, 3.8) is 0 Å². The van der Waals surface area contributed by atoms with Gasteiger partial charge in [-0.1, -0.05) is 6.42 Å². The van der Waals surface area contributed by atoms with Gasteiger partial charge in [-0.15, -0.1) is 0 Å². The Morgan fingerprint density at radius 3 is 2.76 bits per heavy atom. The molecule has 0 amide bonds. The lowest BCUT2D eigenvalue weighted by molar-refractivity contribution is -0.142. The van der Waals surface area contributed by atoms with Crippen LogP contribution in [0, 0.1) is 11.8 Å². The highest BCUT2D eigenvalue weighted by molar-refractivity contribution is 6.40. The molecule has 118 valence electrons. The van der Waals surface area contributed by atoms with Gasteiger partial charge in [-0.05, 0) is 18.7 Å². The van der Waals surface area contributed by atoms with E-state index in [0.717, 1.165) is 19.5 Å². The number of aliphatic carboxylic acids is 1. The predicted octanol–water partition coefficient (Wildman–Crippen LogP) is -0.796. The maximum Gasteiger partial charge on any atom is 0.451 e. The molecule has 0 saturated carbocycles. The first kappa shape index (κ1) is 16.1. The zero-order chi connectivity index (χ0) is 15.4. The van der Waals surface area contributed by atoms with E-state index in [1.54, 1.807) is 0 Å². The van der Waals surface area contributed by atoms with Gasteiger partial charge in [0, 0.05) is 39.1 Å². The van der Waals surface area contributed by atoms with E-state index in [1.807, 2.05) is 19.4 Å². The molecule has 0 aromatic heterocycles. The summed E-state index contributed by atoms with van der Waals surface area (Å²) in [6, 6.07) is 0. The molecule has 8 heteroatoms. The highest BCUT2D eigenvalue weighted by Gasteiger charge is 2.38. The highest BCUT2D eigenvalue weighted by Crippen LogP contribution is 2.28. The Kier molecular flexibility index (Phi) is 5.49. The fourth-order valence-electron chi connectivity index (χ4n) is 3.16. The van der Waals surface area contributed by atoms with E-state index in [4.69, 9.17) is 10.0 Å². The van der Waals surface area contributed by atoms with E-state index in [9.17, 15) is 9.90 Å². The average molecular weight is 297 g/mol. The number of hydrogen-bond acceptors (Lipinski definition) is 6. The van der Waals surface area contributed by atoms with Gasteiger partial charge < -0.3 is 25.4 Å². The summed E-state index contributed by atoms with van der Waals surface area (Å²) in [5.41, 5.74) is 0. The Balaban J connectivity index is 1.84. The van der Waals surface area contributed by atoms with Crippen LogP contribution in [0.1, 0.15) is 12.8 Å². The summed E-state index contributed by atoms with van der Waals surface area (Å²) < 4.78 is 0. The number of carbonyl (C=O) groups is 1. The SMILES string of the molecule is CN1C=CNC1CN1CC(CCCB(O)O)C(C(=O)O)C1. The van der Waals surface area contributed by atoms with Crippen LogP contribution < -0.4 is 5.32 Å². The summed E-state index contributed by atoms with van der Waals surface area (Å²) in [7, 11) is 0.694. The number of rotatable bonds is 7. The number of nitrogens with zero attached hydrogens (tertiary/aromatic N) is 2. The summed E-state index contributed by atoms with van der Waals surface area (Å²) >= 11 is 0. The van der Waals surface area contributed by atoms with Crippen molar-refractivity contribution < 1.29 is 19.9 Å². The van der Waals surface area contributed by atoms with E-state index in [-0.39, 0.29) is 18.0 Å². The number of nitrogens with one attached hydrogen (secondary N) is 1. The van der Waals surface area contributed by atoms with Crippen LogP contribution in [0.5, 0.6) is 0 Å². The quantitative estimate of drug-likeness (QED) is 0.457. The number of carboxylic acid groups (broad SMARTS) is 1. The van der Waals surface area contributed by atoms with Gasteiger partial charge in [-0.25, -0.2) is 0 Å². The van der Waals surface area contributed by atoms with Crippen molar-refractivity contribution in [3.8, 4) is 0 Å². The van der Waals surface area contributed by atoms with Gasteiger partial charge in [0.25, 0.3) is 0 Å². The third-order valence-corrected chi connectivity index (χ3v) is 4.39. The first-order valence-corrected chi connectivity index (χ1v) is 7.43. The Morgan fingerprint density at radius 1 is 1.43 bits per heavy atom. The first-order valence-electron chi connectivity index (χ1n) is 7.43. The van der Waals surface area contributed by atoms with Crippen LogP contribution in [0.3, 0.4) is 0 Å². The topological polar surface area (TPSA) is 96.3 Å². The third kappa shape index (κ3) is 4.36. The Labute approximate surface area is 125 Å². The van der Waals surface area contributed by atoms with E-state index in [2.05, 4.69) is 15.1 Å². The second-order valence-electron chi connectivity index (χ2n) is 6.00. The number of likely N-dealkylation sites (tertiary alicyclic amines) is 1. The Bertz CT molecular complexity index is 394. The Morgan fingerprint density at radius 2 is 2.19 bits per heavy atom. The largest absolute Gasteiger partial charge is 0.481 e. The summed E-state index contributed by atoms with van der Waals surface area (Å²) in [5.74, 6) is -1.03. The molecule has 0 bridgehead atoms. The van der Waals surface area contributed by atoms with Gasteiger partial charge in [-0.2, -0.15) is 0 Å². The lowest BCUT2D eigenvalue weighted by Gasteiger charge is -2.26. The van der Waals surface area contributed by atoms with Gasteiger partial charge in [-0.3, -0.25) is 9.69 Å². The highest BCUT2D eigenvalue weighted by atomic mass is 16.4. The van der Waals surface area contributed by atoms with Crippen LogP contribution in [0.25, 0.3) is 0 Å². The minimum absolute atomic E-state index is 0.0842.